The highest BCUT2D eigenvalue weighted by molar-refractivity contribution is 5.46. The van der Waals surface area contributed by atoms with Gasteiger partial charge in [-0.15, -0.1) is 0 Å². The van der Waals surface area contributed by atoms with Gasteiger partial charge in [-0.25, -0.2) is 0 Å². The predicted octanol–water partition coefficient (Wildman–Crippen LogP) is 3.02. The Hall–Kier alpha value is -1.58. The van der Waals surface area contributed by atoms with Gasteiger partial charge in [0.25, 0.3) is 0 Å². The number of aryl methyl sites for hydroxylation is 1. The molecule has 0 bridgehead atoms. The molecule has 0 N–H and O–H groups in total. The number of aromatic nitrogens is 1. The van der Waals surface area contributed by atoms with Crippen LogP contribution in [0, 0.1) is 6.92 Å². The normalized spacial score (nSPS) is 25.6. The van der Waals surface area contributed by atoms with Crippen LogP contribution in [0.5, 0.6) is 0 Å². The monoisotopic (exact) mass is 254 g/mol. The Morgan fingerprint density at radius 1 is 1.16 bits per heavy atom. The van der Waals surface area contributed by atoms with Gasteiger partial charge in [-0.05, 0) is 37.6 Å². The third-order valence-corrected chi connectivity index (χ3v) is 4.15. The number of hydrogen-bond donors (Lipinski definition) is 0. The lowest BCUT2D eigenvalue weighted by atomic mass is 10.1. The van der Waals surface area contributed by atoms with Crippen molar-refractivity contribution >= 4 is 0 Å². The lowest BCUT2D eigenvalue weighted by molar-refractivity contribution is -0.000742. The van der Waals surface area contributed by atoms with Crippen LogP contribution in [0.15, 0.2) is 36.4 Å². The molecule has 2 aliphatic heterocycles. The standard InChI is InChI=1S/C16H18N2O/c1-11-7-8-15-16-17(9-12(2)19-16)10-13-5-3-4-6-14(13)18(11)15/h3-8,12,16H,9-10H2,1-2H3/t12-,16-/m0/s1. The average molecular weight is 254 g/mol. The molecule has 2 aliphatic rings. The van der Waals surface area contributed by atoms with E-state index in [1.165, 1.54) is 22.6 Å². The fraction of sp³-hybridized carbons (Fsp3) is 0.375. The Balaban J connectivity index is 1.96. The highest BCUT2D eigenvalue weighted by Gasteiger charge is 2.36. The minimum atomic E-state index is 0.0936. The van der Waals surface area contributed by atoms with E-state index < -0.39 is 0 Å². The maximum Gasteiger partial charge on any atom is 0.152 e. The van der Waals surface area contributed by atoms with E-state index in [2.05, 4.69) is 59.7 Å². The van der Waals surface area contributed by atoms with Crippen molar-refractivity contribution < 1.29 is 4.74 Å². The molecule has 0 aliphatic carbocycles. The lowest BCUT2D eigenvalue weighted by Gasteiger charge is -2.19. The Bertz CT molecular complexity index is 631. The van der Waals surface area contributed by atoms with Crippen molar-refractivity contribution in [3.8, 4) is 5.69 Å². The van der Waals surface area contributed by atoms with E-state index in [1.807, 2.05) is 0 Å². The quantitative estimate of drug-likeness (QED) is 0.719. The number of rotatable bonds is 0. The van der Waals surface area contributed by atoms with Gasteiger partial charge in [0.05, 0.1) is 17.5 Å². The summed E-state index contributed by atoms with van der Waals surface area (Å²) in [4.78, 5) is 2.43. The van der Waals surface area contributed by atoms with Crippen molar-refractivity contribution in [1.82, 2.24) is 9.47 Å². The fourth-order valence-electron chi connectivity index (χ4n) is 3.34. The van der Waals surface area contributed by atoms with Crippen LogP contribution in [-0.2, 0) is 11.3 Å². The zero-order valence-corrected chi connectivity index (χ0v) is 11.3. The molecule has 1 saturated heterocycles. The Labute approximate surface area is 113 Å². The highest BCUT2D eigenvalue weighted by Crippen LogP contribution is 2.38. The number of ether oxygens (including phenoxy) is 1. The Morgan fingerprint density at radius 2 is 2.00 bits per heavy atom. The molecule has 0 unspecified atom stereocenters. The van der Waals surface area contributed by atoms with Crippen molar-refractivity contribution in [3.63, 3.8) is 0 Å². The van der Waals surface area contributed by atoms with Gasteiger partial charge in [-0.2, -0.15) is 0 Å². The van der Waals surface area contributed by atoms with Crippen molar-refractivity contribution in [3.05, 3.63) is 53.3 Å². The molecule has 0 spiro atoms. The third kappa shape index (κ3) is 1.58. The number of benzene rings is 1. The first-order valence-corrected chi connectivity index (χ1v) is 6.90. The van der Waals surface area contributed by atoms with E-state index in [-0.39, 0.29) is 6.23 Å². The average Bonchev–Trinajstić information content (AvgIpc) is 2.90. The van der Waals surface area contributed by atoms with Crippen molar-refractivity contribution in [2.45, 2.75) is 32.7 Å². The molecule has 1 fully saturated rings. The summed E-state index contributed by atoms with van der Waals surface area (Å²) in [7, 11) is 0. The third-order valence-electron chi connectivity index (χ3n) is 4.15. The van der Waals surface area contributed by atoms with Gasteiger partial charge in [0, 0.05) is 18.8 Å². The Kier molecular flexibility index (Phi) is 2.34. The minimum absolute atomic E-state index is 0.0936. The summed E-state index contributed by atoms with van der Waals surface area (Å²) < 4.78 is 8.47. The summed E-state index contributed by atoms with van der Waals surface area (Å²) in [5.74, 6) is 0. The van der Waals surface area contributed by atoms with Crippen molar-refractivity contribution in [2.75, 3.05) is 6.54 Å². The second-order valence-electron chi connectivity index (χ2n) is 5.59. The number of hydrogen-bond acceptors (Lipinski definition) is 2. The minimum Gasteiger partial charge on any atom is -0.353 e. The fourth-order valence-corrected chi connectivity index (χ4v) is 3.34. The van der Waals surface area contributed by atoms with Gasteiger partial charge in [-0.3, -0.25) is 4.90 Å². The van der Waals surface area contributed by atoms with Crippen LogP contribution in [-0.4, -0.2) is 22.1 Å². The molecule has 2 atom stereocenters. The summed E-state index contributed by atoms with van der Waals surface area (Å²) in [6.45, 7) is 6.28. The van der Waals surface area contributed by atoms with Crippen LogP contribution in [0.25, 0.3) is 5.69 Å². The molecule has 2 aromatic rings. The summed E-state index contributed by atoms with van der Waals surface area (Å²) in [6.07, 6.45) is 0.398. The van der Waals surface area contributed by atoms with E-state index in [4.69, 9.17) is 4.74 Å². The summed E-state index contributed by atoms with van der Waals surface area (Å²) in [6, 6.07) is 13.1. The SMILES string of the molecule is Cc1ccc2n1-c1ccccc1CN1C[C@H](C)O[C@@H]21. The zero-order valence-electron chi connectivity index (χ0n) is 11.3. The van der Waals surface area contributed by atoms with E-state index in [1.54, 1.807) is 0 Å². The van der Waals surface area contributed by atoms with Crippen LogP contribution >= 0.6 is 0 Å². The molecule has 19 heavy (non-hydrogen) atoms. The molecule has 0 radical (unpaired) electrons. The lowest BCUT2D eigenvalue weighted by Crippen LogP contribution is -2.23. The maximum atomic E-state index is 6.12. The molecule has 98 valence electrons. The number of para-hydroxylation sites is 1. The topological polar surface area (TPSA) is 17.4 Å². The molecule has 1 aromatic carbocycles. The molecule has 0 amide bonds. The van der Waals surface area contributed by atoms with E-state index in [0.717, 1.165) is 13.1 Å². The van der Waals surface area contributed by atoms with E-state index in [0.29, 0.717) is 6.10 Å². The highest BCUT2D eigenvalue weighted by atomic mass is 16.5. The van der Waals surface area contributed by atoms with Crippen LogP contribution < -0.4 is 0 Å². The number of nitrogens with zero attached hydrogens (tertiary/aromatic N) is 2. The summed E-state index contributed by atoms with van der Waals surface area (Å²) in [5, 5.41) is 0. The Morgan fingerprint density at radius 3 is 2.89 bits per heavy atom. The first kappa shape index (κ1) is 11.3. The van der Waals surface area contributed by atoms with Crippen LogP contribution in [0.1, 0.15) is 30.1 Å². The van der Waals surface area contributed by atoms with Crippen molar-refractivity contribution in [2.24, 2.45) is 0 Å². The molecule has 0 saturated carbocycles. The number of fused-ring (bicyclic) bond motifs is 5. The van der Waals surface area contributed by atoms with Gasteiger partial charge in [0.15, 0.2) is 6.23 Å². The van der Waals surface area contributed by atoms with Gasteiger partial charge in [0.1, 0.15) is 0 Å². The predicted molar refractivity (Wildman–Crippen MR) is 74.2 cm³/mol. The summed E-state index contributed by atoms with van der Waals surface area (Å²) >= 11 is 0. The van der Waals surface area contributed by atoms with E-state index in [9.17, 15) is 0 Å². The zero-order chi connectivity index (χ0) is 13.0. The van der Waals surface area contributed by atoms with Crippen LogP contribution in [0.4, 0.5) is 0 Å². The van der Waals surface area contributed by atoms with Gasteiger partial charge < -0.3 is 9.30 Å². The summed E-state index contributed by atoms with van der Waals surface area (Å²) in [5.41, 5.74) is 5.20. The van der Waals surface area contributed by atoms with Gasteiger partial charge in [-0.1, -0.05) is 18.2 Å². The second-order valence-corrected chi connectivity index (χ2v) is 5.59. The van der Waals surface area contributed by atoms with Crippen LogP contribution in [0.2, 0.25) is 0 Å². The smallest absolute Gasteiger partial charge is 0.152 e. The molecular weight excluding hydrogens is 236 g/mol. The first-order valence-electron chi connectivity index (χ1n) is 6.90. The largest absolute Gasteiger partial charge is 0.353 e. The van der Waals surface area contributed by atoms with Gasteiger partial charge >= 0.3 is 0 Å². The van der Waals surface area contributed by atoms with Crippen molar-refractivity contribution in [1.29, 1.82) is 0 Å². The molecule has 1 aromatic heterocycles. The van der Waals surface area contributed by atoms with Crippen LogP contribution in [0.3, 0.4) is 0 Å². The maximum absolute atomic E-state index is 6.12. The molecule has 3 nitrogen and oxygen atoms in total. The second kappa shape index (κ2) is 3.95. The van der Waals surface area contributed by atoms with Gasteiger partial charge in [0.2, 0.25) is 0 Å². The van der Waals surface area contributed by atoms with E-state index >= 15 is 0 Å². The molecular formula is C16H18N2O. The molecule has 3 heteroatoms. The molecule has 3 heterocycles. The first-order chi connectivity index (χ1) is 9.24. The molecule has 4 rings (SSSR count).